The van der Waals surface area contributed by atoms with E-state index in [0.29, 0.717) is 11.2 Å². The monoisotopic (exact) mass is 239 g/mol. The van der Waals surface area contributed by atoms with Crippen molar-refractivity contribution in [3.05, 3.63) is 23.4 Å². The number of hydrogen-bond acceptors (Lipinski definition) is 3. The zero-order valence-electron chi connectivity index (χ0n) is 9.86. The average molecular weight is 240 g/mol. The van der Waals surface area contributed by atoms with Gasteiger partial charge in [-0.25, -0.2) is 4.98 Å². The number of halogens is 1. The number of hydrogen-bond donors (Lipinski definition) is 0. The van der Waals surface area contributed by atoms with Crippen molar-refractivity contribution in [2.75, 3.05) is 31.6 Å². The molecule has 2 heterocycles. The molecule has 16 heavy (non-hydrogen) atoms. The summed E-state index contributed by atoms with van der Waals surface area (Å²) >= 11 is 5.93. The van der Waals surface area contributed by atoms with Gasteiger partial charge in [-0.05, 0) is 39.1 Å². The molecule has 0 aliphatic carbocycles. The summed E-state index contributed by atoms with van der Waals surface area (Å²) in [4.78, 5) is 9.10. The fourth-order valence-corrected chi connectivity index (χ4v) is 2.43. The van der Waals surface area contributed by atoms with Gasteiger partial charge in [0.1, 0.15) is 11.0 Å². The molecule has 1 aliphatic heterocycles. The van der Waals surface area contributed by atoms with Crippen LogP contribution in [0.5, 0.6) is 0 Å². The highest BCUT2D eigenvalue weighted by molar-refractivity contribution is 6.29. The molecule has 0 saturated carbocycles. The third-order valence-electron chi connectivity index (χ3n) is 3.04. The van der Waals surface area contributed by atoms with Gasteiger partial charge in [0.25, 0.3) is 0 Å². The maximum Gasteiger partial charge on any atom is 0.131 e. The molecular formula is C12H18ClN3. The van der Waals surface area contributed by atoms with Crippen LogP contribution in [-0.2, 0) is 0 Å². The van der Waals surface area contributed by atoms with E-state index in [1.165, 1.54) is 6.42 Å². The molecule has 1 fully saturated rings. The minimum absolute atomic E-state index is 0.485. The van der Waals surface area contributed by atoms with Gasteiger partial charge in [0, 0.05) is 19.1 Å². The first-order chi connectivity index (χ1) is 7.66. The van der Waals surface area contributed by atoms with E-state index in [1.54, 1.807) is 0 Å². The van der Waals surface area contributed by atoms with Gasteiger partial charge in [0.05, 0.1) is 0 Å². The van der Waals surface area contributed by atoms with Crippen LogP contribution in [0.1, 0.15) is 13.3 Å². The lowest BCUT2D eigenvalue weighted by Gasteiger charge is -2.29. The molecule has 2 rings (SSSR count). The van der Waals surface area contributed by atoms with E-state index in [1.807, 2.05) is 18.2 Å². The summed E-state index contributed by atoms with van der Waals surface area (Å²) in [5, 5.41) is 0.572. The predicted octanol–water partition coefficient (Wildman–Crippen LogP) is 2.27. The number of anilines is 1. The molecule has 3 nitrogen and oxygen atoms in total. The highest BCUT2D eigenvalue weighted by Gasteiger charge is 2.20. The molecule has 1 saturated heterocycles. The third kappa shape index (κ3) is 2.66. The molecule has 0 bridgehead atoms. The largest absolute Gasteiger partial charge is 0.353 e. The van der Waals surface area contributed by atoms with Crippen LogP contribution < -0.4 is 4.90 Å². The van der Waals surface area contributed by atoms with Gasteiger partial charge in [-0.2, -0.15) is 0 Å². The Morgan fingerprint density at radius 1 is 1.38 bits per heavy atom. The summed E-state index contributed by atoms with van der Waals surface area (Å²) < 4.78 is 0. The number of aromatic nitrogens is 1. The second kappa shape index (κ2) is 5.02. The lowest BCUT2D eigenvalue weighted by atomic mass is 10.2. The van der Waals surface area contributed by atoms with E-state index >= 15 is 0 Å². The molecule has 1 aromatic heterocycles. The summed E-state index contributed by atoms with van der Waals surface area (Å²) in [5.74, 6) is 0.996. The molecule has 88 valence electrons. The first-order valence-corrected chi connectivity index (χ1v) is 6.12. The number of pyridine rings is 1. The third-order valence-corrected chi connectivity index (χ3v) is 3.25. The van der Waals surface area contributed by atoms with Gasteiger partial charge in [-0.1, -0.05) is 17.7 Å². The van der Waals surface area contributed by atoms with E-state index in [0.717, 1.165) is 25.5 Å². The maximum atomic E-state index is 5.93. The van der Waals surface area contributed by atoms with Crippen LogP contribution in [0, 0.1) is 0 Å². The first-order valence-electron chi connectivity index (χ1n) is 5.74. The zero-order chi connectivity index (χ0) is 11.5. The molecule has 0 spiro atoms. The Labute approximate surface area is 102 Å². The summed E-state index contributed by atoms with van der Waals surface area (Å²) in [6.07, 6.45) is 1.18. The second-order valence-electron chi connectivity index (χ2n) is 4.48. The minimum Gasteiger partial charge on any atom is -0.353 e. The summed E-state index contributed by atoms with van der Waals surface area (Å²) in [7, 11) is 2.17. The number of likely N-dealkylation sites (N-methyl/N-ethyl adjacent to an activating group) is 1. The van der Waals surface area contributed by atoms with Crippen molar-refractivity contribution >= 4 is 17.4 Å². The molecule has 1 aliphatic rings. The van der Waals surface area contributed by atoms with Gasteiger partial charge >= 0.3 is 0 Å². The lowest BCUT2D eigenvalue weighted by molar-refractivity contribution is 0.337. The minimum atomic E-state index is 0.485. The van der Waals surface area contributed by atoms with Crippen molar-refractivity contribution in [2.45, 2.75) is 19.4 Å². The Hall–Kier alpha value is -0.800. The zero-order valence-corrected chi connectivity index (χ0v) is 10.6. The number of rotatable bonds is 1. The average Bonchev–Trinajstić information content (AvgIpc) is 2.39. The normalized spacial score (nSPS) is 23.2. The van der Waals surface area contributed by atoms with Crippen molar-refractivity contribution in [3.63, 3.8) is 0 Å². The molecule has 0 aromatic carbocycles. The van der Waals surface area contributed by atoms with Crippen LogP contribution in [-0.4, -0.2) is 42.6 Å². The molecule has 1 aromatic rings. The molecule has 0 N–H and O–H groups in total. The Morgan fingerprint density at radius 3 is 2.94 bits per heavy atom. The van der Waals surface area contributed by atoms with Crippen LogP contribution >= 0.6 is 11.6 Å². The van der Waals surface area contributed by atoms with Crippen LogP contribution in [0.15, 0.2) is 18.2 Å². The predicted molar refractivity (Wildman–Crippen MR) is 68.2 cm³/mol. The van der Waals surface area contributed by atoms with Gasteiger partial charge in [0.15, 0.2) is 0 Å². The van der Waals surface area contributed by atoms with Gasteiger partial charge in [0.2, 0.25) is 0 Å². The van der Waals surface area contributed by atoms with Crippen LogP contribution in [0.25, 0.3) is 0 Å². The van der Waals surface area contributed by atoms with Crippen LogP contribution in [0.4, 0.5) is 5.82 Å². The van der Waals surface area contributed by atoms with Crippen molar-refractivity contribution in [3.8, 4) is 0 Å². The van der Waals surface area contributed by atoms with Crippen molar-refractivity contribution in [2.24, 2.45) is 0 Å². The Morgan fingerprint density at radius 2 is 2.19 bits per heavy atom. The maximum absolute atomic E-state index is 5.93. The number of nitrogens with zero attached hydrogens (tertiary/aromatic N) is 3. The summed E-state index contributed by atoms with van der Waals surface area (Å²) in [6.45, 7) is 5.53. The second-order valence-corrected chi connectivity index (χ2v) is 4.86. The van der Waals surface area contributed by atoms with Gasteiger partial charge in [-0.15, -0.1) is 0 Å². The Kier molecular flexibility index (Phi) is 3.66. The van der Waals surface area contributed by atoms with Gasteiger partial charge in [-0.3, -0.25) is 0 Å². The first kappa shape index (κ1) is 11.7. The van der Waals surface area contributed by atoms with E-state index in [9.17, 15) is 0 Å². The fraction of sp³-hybridized carbons (Fsp3) is 0.583. The van der Waals surface area contributed by atoms with E-state index < -0.39 is 0 Å². The lowest BCUT2D eigenvalue weighted by Crippen LogP contribution is -2.38. The van der Waals surface area contributed by atoms with Gasteiger partial charge < -0.3 is 9.80 Å². The quantitative estimate of drug-likeness (QED) is 0.701. The van der Waals surface area contributed by atoms with Crippen LogP contribution in [0.2, 0.25) is 5.15 Å². The highest BCUT2D eigenvalue weighted by atomic mass is 35.5. The standard InChI is InChI=1S/C12H18ClN3/c1-10-9-15(2)7-4-8-16(10)12-6-3-5-11(13)14-12/h3,5-6,10H,4,7-9H2,1-2H3. The SMILES string of the molecule is CC1CN(C)CCCN1c1cccc(Cl)n1. The fourth-order valence-electron chi connectivity index (χ4n) is 2.27. The molecular weight excluding hydrogens is 222 g/mol. The highest BCUT2D eigenvalue weighted by Crippen LogP contribution is 2.19. The van der Waals surface area contributed by atoms with E-state index in [4.69, 9.17) is 11.6 Å². The van der Waals surface area contributed by atoms with Crippen molar-refractivity contribution < 1.29 is 0 Å². The molecule has 0 radical (unpaired) electrons. The summed E-state index contributed by atoms with van der Waals surface area (Å²) in [6, 6.07) is 6.30. The summed E-state index contributed by atoms with van der Waals surface area (Å²) in [5.41, 5.74) is 0. The van der Waals surface area contributed by atoms with Crippen molar-refractivity contribution in [1.29, 1.82) is 0 Å². The molecule has 0 amide bonds. The smallest absolute Gasteiger partial charge is 0.131 e. The Balaban J connectivity index is 2.19. The topological polar surface area (TPSA) is 19.4 Å². The van der Waals surface area contributed by atoms with E-state index in [2.05, 4.69) is 28.8 Å². The Bertz CT molecular complexity index is 356. The molecule has 4 heteroatoms. The van der Waals surface area contributed by atoms with E-state index in [-0.39, 0.29) is 0 Å². The van der Waals surface area contributed by atoms with Crippen LogP contribution in [0.3, 0.4) is 0 Å². The molecule has 1 unspecified atom stereocenters. The molecule has 1 atom stereocenters. The van der Waals surface area contributed by atoms with Crippen molar-refractivity contribution in [1.82, 2.24) is 9.88 Å².